The van der Waals surface area contributed by atoms with Gasteiger partial charge in [-0.15, -0.1) is 6.42 Å². The summed E-state index contributed by atoms with van der Waals surface area (Å²) < 4.78 is 0. The first-order valence-electron chi connectivity index (χ1n) is 3.58. The van der Waals surface area contributed by atoms with Gasteiger partial charge in [-0.25, -0.2) is 0 Å². The van der Waals surface area contributed by atoms with Crippen LogP contribution in [0.25, 0.3) is 0 Å². The zero-order valence-electron chi connectivity index (χ0n) is 6.33. The van der Waals surface area contributed by atoms with Crippen LogP contribution in [0.3, 0.4) is 0 Å². The molecule has 0 radical (unpaired) electrons. The fourth-order valence-electron chi connectivity index (χ4n) is 0.927. The molecule has 0 fully saturated rings. The average molecular weight is 145 g/mol. The molecule has 1 aromatic carbocycles. The van der Waals surface area contributed by atoms with Crippen molar-refractivity contribution in [3.05, 3.63) is 35.9 Å². The first kappa shape index (κ1) is 7.84. The highest BCUT2D eigenvalue weighted by atomic mass is 14.6. The number of hydrogen-bond acceptors (Lipinski definition) is 1. The van der Waals surface area contributed by atoms with E-state index in [1.807, 2.05) is 30.3 Å². The number of nitrogens with two attached hydrogens (primary N) is 1. The van der Waals surface area contributed by atoms with Crippen molar-refractivity contribution in [2.75, 3.05) is 0 Å². The first-order valence-corrected chi connectivity index (χ1v) is 3.58. The maximum absolute atomic E-state index is 5.57. The van der Waals surface area contributed by atoms with Gasteiger partial charge >= 0.3 is 0 Å². The van der Waals surface area contributed by atoms with Crippen LogP contribution in [0, 0.1) is 12.3 Å². The van der Waals surface area contributed by atoms with E-state index in [-0.39, 0.29) is 6.04 Å². The van der Waals surface area contributed by atoms with Gasteiger partial charge in [0.05, 0.1) is 6.04 Å². The highest BCUT2D eigenvalue weighted by Crippen LogP contribution is 2.00. The lowest BCUT2D eigenvalue weighted by atomic mass is 10.1. The summed E-state index contributed by atoms with van der Waals surface area (Å²) in [6.45, 7) is 0. The molecule has 0 spiro atoms. The van der Waals surface area contributed by atoms with Gasteiger partial charge in [-0.3, -0.25) is 0 Å². The molecule has 0 bridgehead atoms. The number of hydrogen-bond donors (Lipinski definition) is 1. The van der Waals surface area contributed by atoms with E-state index in [4.69, 9.17) is 12.2 Å². The Morgan fingerprint density at radius 3 is 2.55 bits per heavy atom. The number of rotatable bonds is 2. The molecular weight excluding hydrogens is 134 g/mol. The lowest BCUT2D eigenvalue weighted by Gasteiger charge is -2.02. The van der Waals surface area contributed by atoms with E-state index >= 15 is 0 Å². The van der Waals surface area contributed by atoms with E-state index in [9.17, 15) is 0 Å². The van der Waals surface area contributed by atoms with Gasteiger partial charge in [0, 0.05) is 0 Å². The Bertz CT molecular complexity index is 245. The second-order valence-electron chi connectivity index (χ2n) is 2.46. The number of benzene rings is 1. The summed E-state index contributed by atoms with van der Waals surface area (Å²) in [5, 5.41) is 0. The summed E-state index contributed by atoms with van der Waals surface area (Å²) in [5.74, 6) is 2.49. The standard InChI is InChI=1S/C10H11N/c1-2-10(11)8-9-6-4-3-5-7-9/h1,3-7,10H,8,11H2/t10-/m1/s1. The summed E-state index contributed by atoms with van der Waals surface area (Å²) in [6, 6.07) is 9.84. The minimum absolute atomic E-state index is 0.155. The summed E-state index contributed by atoms with van der Waals surface area (Å²) >= 11 is 0. The zero-order valence-corrected chi connectivity index (χ0v) is 6.33. The smallest absolute Gasteiger partial charge is 0.0702 e. The van der Waals surface area contributed by atoms with Crippen molar-refractivity contribution in [1.29, 1.82) is 0 Å². The molecule has 1 aromatic rings. The van der Waals surface area contributed by atoms with Crippen LogP contribution in [0.5, 0.6) is 0 Å². The van der Waals surface area contributed by atoms with E-state index in [0.717, 1.165) is 6.42 Å². The molecule has 56 valence electrons. The predicted molar refractivity (Wildman–Crippen MR) is 47.0 cm³/mol. The summed E-state index contributed by atoms with van der Waals surface area (Å²) in [7, 11) is 0. The minimum atomic E-state index is -0.155. The normalized spacial score (nSPS) is 12.0. The fraction of sp³-hybridized carbons (Fsp3) is 0.200. The molecule has 1 nitrogen and oxygen atoms in total. The molecule has 2 N–H and O–H groups in total. The third kappa shape index (κ3) is 2.45. The maximum Gasteiger partial charge on any atom is 0.0702 e. The van der Waals surface area contributed by atoms with Crippen LogP contribution in [0.1, 0.15) is 5.56 Å². The molecule has 0 aromatic heterocycles. The Hall–Kier alpha value is -1.26. The van der Waals surface area contributed by atoms with Gasteiger partial charge in [-0.05, 0) is 12.0 Å². The van der Waals surface area contributed by atoms with Crippen LogP contribution in [-0.4, -0.2) is 6.04 Å². The van der Waals surface area contributed by atoms with Crippen LogP contribution in [0.2, 0.25) is 0 Å². The Kier molecular flexibility index (Phi) is 2.71. The summed E-state index contributed by atoms with van der Waals surface area (Å²) in [6.07, 6.45) is 5.91. The molecule has 0 heterocycles. The lowest BCUT2D eigenvalue weighted by Crippen LogP contribution is -2.19. The molecule has 0 aliphatic heterocycles. The molecular formula is C10H11N. The fourth-order valence-corrected chi connectivity index (χ4v) is 0.927. The zero-order chi connectivity index (χ0) is 8.10. The van der Waals surface area contributed by atoms with Gasteiger partial charge in [0.15, 0.2) is 0 Å². The average Bonchev–Trinajstić information content (AvgIpc) is 2.06. The van der Waals surface area contributed by atoms with Crippen LogP contribution < -0.4 is 5.73 Å². The lowest BCUT2D eigenvalue weighted by molar-refractivity contribution is 0.836. The molecule has 0 saturated carbocycles. The highest BCUT2D eigenvalue weighted by molar-refractivity contribution is 5.18. The second-order valence-corrected chi connectivity index (χ2v) is 2.46. The minimum Gasteiger partial charge on any atom is -0.317 e. The molecule has 11 heavy (non-hydrogen) atoms. The van der Waals surface area contributed by atoms with E-state index in [1.165, 1.54) is 5.56 Å². The third-order valence-electron chi connectivity index (χ3n) is 1.51. The Morgan fingerprint density at radius 1 is 1.36 bits per heavy atom. The summed E-state index contributed by atoms with van der Waals surface area (Å²) in [4.78, 5) is 0. The summed E-state index contributed by atoms with van der Waals surface area (Å²) in [5.41, 5.74) is 6.76. The Balaban J connectivity index is 2.60. The van der Waals surface area contributed by atoms with E-state index in [1.54, 1.807) is 0 Å². The second kappa shape index (κ2) is 3.80. The molecule has 0 aliphatic rings. The van der Waals surface area contributed by atoms with Crippen LogP contribution in [0.15, 0.2) is 30.3 Å². The van der Waals surface area contributed by atoms with Crippen LogP contribution >= 0.6 is 0 Å². The third-order valence-corrected chi connectivity index (χ3v) is 1.51. The monoisotopic (exact) mass is 145 g/mol. The van der Waals surface area contributed by atoms with Crippen molar-refractivity contribution in [2.45, 2.75) is 12.5 Å². The van der Waals surface area contributed by atoms with Crippen molar-refractivity contribution < 1.29 is 0 Å². The van der Waals surface area contributed by atoms with Gasteiger partial charge in [0.2, 0.25) is 0 Å². The number of terminal acetylenes is 1. The SMILES string of the molecule is C#C[C@@H](N)Cc1ccccc1. The van der Waals surface area contributed by atoms with Gasteiger partial charge < -0.3 is 5.73 Å². The van der Waals surface area contributed by atoms with Gasteiger partial charge in [0.25, 0.3) is 0 Å². The first-order chi connectivity index (χ1) is 5.33. The largest absolute Gasteiger partial charge is 0.317 e. The maximum atomic E-state index is 5.57. The molecule has 0 amide bonds. The van der Waals surface area contributed by atoms with E-state index < -0.39 is 0 Å². The van der Waals surface area contributed by atoms with Crippen molar-refractivity contribution in [3.8, 4) is 12.3 Å². The van der Waals surface area contributed by atoms with Gasteiger partial charge in [0.1, 0.15) is 0 Å². The predicted octanol–water partition coefficient (Wildman–Crippen LogP) is 1.19. The Labute approximate surface area is 67.2 Å². The van der Waals surface area contributed by atoms with Gasteiger partial charge in [-0.2, -0.15) is 0 Å². The van der Waals surface area contributed by atoms with E-state index in [2.05, 4.69) is 5.92 Å². The van der Waals surface area contributed by atoms with Gasteiger partial charge in [-0.1, -0.05) is 36.3 Å². The van der Waals surface area contributed by atoms with Crippen LogP contribution in [-0.2, 0) is 6.42 Å². The molecule has 1 heteroatoms. The molecule has 0 aliphatic carbocycles. The quantitative estimate of drug-likeness (QED) is 0.621. The van der Waals surface area contributed by atoms with Crippen molar-refractivity contribution in [3.63, 3.8) is 0 Å². The molecule has 1 atom stereocenters. The van der Waals surface area contributed by atoms with Crippen molar-refractivity contribution >= 4 is 0 Å². The Morgan fingerprint density at radius 2 is 2.00 bits per heavy atom. The highest BCUT2D eigenvalue weighted by Gasteiger charge is 1.97. The molecule has 0 unspecified atom stereocenters. The van der Waals surface area contributed by atoms with Crippen molar-refractivity contribution in [1.82, 2.24) is 0 Å². The van der Waals surface area contributed by atoms with E-state index in [0.29, 0.717) is 0 Å². The molecule has 1 rings (SSSR count). The van der Waals surface area contributed by atoms with Crippen LogP contribution in [0.4, 0.5) is 0 Å². The molecule has 0 saturated heterocycles. The van der Waals surface area contributed by atoms with Crippen molar-refractivity contribution in [2.24, 2.45) is 5.73 Å². The topological polar surface area (TPSA) is 26.0 Å².